The number of nitrogens with one attached hydrogen (secondary N) is 1. The topological polar surface area (TPSA) is 50.7 Å². The second kappa shape index (κ2) is 7.27. The van der Waals surface area contributed by atoms with E-state index in [0.29, 0.717) is 23.8 Å². The molecule has 1 rings (SSSR count). The Bertz CT molecular complexity index is 422. The molecular weight excluding hydrogens is 228 g/mol. The van der Waals surface area contributed by atoms with Crippen LogP contribution in [0.5, 0.6) is 5.75 Å². The molecule has 0 fully saturated rings. The van der Waals surface area contributed by atoms with Crippen LogP contribution in [0, 0.1) is 5.92 Å². The minimum atomic E-state index is -0.234. The number of carbonyl (C=O) groups excluding carboxylic acids is 1. The van der Waals surface area contributed by atoms with Gasteiger partial charge in [0.05, 0.1) is 0 Å². The Labute approximate surface area is 107 Å². The normalized spacial score (nSPS) is 10.6. The molecule has 4 heteroatoms. The Morgan fingerprint density at radius 3 is 2.67 bits per heavy atom. The summed E-state index contributed by atoms with van der Waals surface area (Å²) in [4.78, 5) is 11.7. The van der Waals surface area contributed by atoms with Crippen LogP contribution in [-0.4, -0.2) is 18.7 Å². The van der Waals surface area contributed by atoms with Gasteiger partial charge in [0.15, 0.2) is 0 Å². The molecule has 0 unspecified atom stereocenters. The highest BCUT2D eigenvalue weighted by atomic mass is 16.5. The summed E-state index contributed by atoms with van der Waals surface area (Å²) in [7, 11) is 0. The number of hydrazone groups is 1. The number of nitrogens with zero attached hydrogens (tertiary/aromatic N) is 1. The van der Waals surface area contributed by atoms with Gasteiger partial charge in [-0.1, -0.05) is 26.5 Å². The van der Waals surface area contributed by atoms with Gasteiger partial charge < -0.3 is 4.74 Å². The molecule has 0 aliphatic heterocycles. The Kier molecular flexibility index (Phi) is 5.64. The fourth-order valence-electron chi connectivity index (χ4n) is 1.17. The summed E-state index contributed by atoms with van der Waals surface area (Å²) in [5.41, 5.74) is 3.01. The molecule has 18 heavy (non-hydrogen) atoms. The quantitative estimate of drug-likeness (QED) is 0.476. The monoisotopic (exact) mass is 246 g/mol. The van der Waals surface area contributed by atoms with Crippen molar-refractivity contribution in [3.63, 3.8) is 0 Å². The molecular formula is C14H18N2O2. The van der Waals surface area contributed by atoms with Crippen molar-refractivity contribution in [2.75, 3.05) is 6.61 Å². The third kappa shape index (κ3) is 4.82. The minimum absolute atomic E-state index is 0.234. The maximum Gasteiger partial charge on any atom is 0.271 e. The summed E-state index contributed by atoms with van der Waals surface area (Å²) < 4.78 is 5.32. The molecule has 0 aliphatic carbocycles. The Morgan fingerprint density at radius 2 is 2.11 bits per heavy atom. The lowest BCUT2D eigenvalue weighted by atomic mass is 10.2. The highest BCUT2D eigenvalue weighted by Crippen LogP contribution is 2.12. The molecule has 0 bridgehead atoms. The number of amides is 1. The van der Waals surface area contributed by atoms with Crippen molar-refractivity contribution >= 4 is 12.1 Å². The zero-order valence-corrected chi connectivity index (χ0v) is 10.7. The van der Waals surface area contributed by atoms with Gasteiger partial charge in [0, 0.05) is 11.8 Å². The van der Waals surface area contributed by atoms with Crippen molar-refractivity contribution < 1.29 is 9.53 Å². The number of hydrogen-bond donors (Lipinski definition) is 1. The van der Waals surface area contributed by atoms with Crippen LogP contribution in [0.15, 0.2) is 42.0 Å². The molecule has 0 heterocycles. The van der Waals surface area contributed by atoms with Gasteiger partial charge in [0.25, 0.3) is 5.91 Å². The summed E-state index contributed by atoms with van der Waals surface area (Å²) >= 11 is 0. The molecule has 0 saturated carbocycles. The Balaban J connectivity index is 2.56. The molecule has 1 aromatic rings. The van der Waals surface area contributed by atoms with E-state index in [1.165, 1.54) is 0 Å². The molecule has 0 aliphatic rings. The lowest BCUT2D eigenvalue weighted by Crippen LogP contribution is -2.17. The maximum atomic E-state index is 11.7. The van der Waals surface area contributed by atoms with Gasteiger partial charge in [-0.2, -0.15) is 5.10 Å². The van der Waals surface area contributed by atoms with E-state index in [-0.39, 0.29) is 5.91 Å². The average molecular weight is 246 g/mol. The van der Waals surface area contributed by atoms with Crippen molar-refractivity contribution in [2.45, 2.75) is 13.8 Å². The highest BCUT2D eigenvalue weighted by molar-refractivity contribution is 5.94. The van der Waals surface area contributed by atoms with Crippen LogP contribution in [0.1, 0.15) is 24.2 Å². The predicted molar refractivity (Wildman–Crippen MR) is 72.9 cm³/mol. The van der Waals surface area contributed by atoms with Gasteiger partial charge in [0.2, 0.25) is 0 Å². The van der Waals surface area contributed by atoms with Gasteiger partial charge in [-0.25, -0.2) is 5.43 Å². The van der Waals surface area contributed by atoms with Crippen LogP contribution >= 0.6 is 0 Å². The van der Waals surface area contributed by atoms with Crippen molar-refractivity contribution in [3.8, 4) is 5.75 Å². The summed E-state index contributed by atoms with van der Waals surface area (Å²) in [5, 5.41) is 3.85. The molecule has 1 amide bonds. The minimum Gasteiger partial charge on any atom is -0.490 e. The molecule has 0 radical (unpaired) electrons. The van der Waals surface area contributed by atoms with Gasteiger partial charge >= 0.3 is 0 Å². The summed E-state index contributed by atoms with van der Waals surface area (Å²) in [6.45, 7) is 7.99. The first kappa shape index (κ1) is 14.0. The maximum absolute atomic E-state index is 11.7. The molecule has 0 aromatic heterocycles. The third-order valence-corrected chi connectivity index (χ3v) is 2.02. The number of carbonyl (C=O) groups is 1. The van der Waals surface area contributed by atoms with E-state index >= 15 is 0 Å². The zero-order valence-electron chi connectivity index (χ0n) is 10.7. The smallest absolute Gasteiger partial charge is 0.271 e. The lowest BCUT2D eigenvalue weighted by molar-refractivity contribution is 0.0955. The standard InChI is InChI=1S/C14H18N2O2/c1-4-9-18-13-7-5-12(6-8-13)14(17)16-15-10-11(2)3/h4-8,10-11H,1,9H2,2-3H3,(H,16,17)/b15-10+. The summed E-state index contributed by atoms with van der Waals surface area (Å²) in [6, 6.07) is 6.87. The Morgan fingerprint density at radius 1 is 1.44 bits per heavy atom. The van der Waals surface area contributed by atoms with Crippen LogP contribution in [0.25, 0.3) is 0 Å². The molecule has 4 nitrogen and oxygen atoms in total. The van der Waals surface area contributed by atoms with Gasteiger partial charge in [-0.15, -0.1) is 0 Å². The molecule has 0 atom stereocenters. The number of ether oxygens (including phenoxy) is 1. The molecule has 96 valence electrons. The Hall–Kier alpha value is -2.10. The molecule has 1 aromatic carbocycles. The van der Waals surface area contributed by atoms with Crippen LogP contribution in [0.4, 0.5) is 0 Å². The van der Waals surface area contributed by atoms with E-state index < -0.39 is 0 Å². The second-order valence-corrected chi connectivity index (χ2v) is 4.09. The third-order valence-electron chi connectivity index (χ3n) is 2.02. The molecule has 0 spiro atoms. The molecule has 0 saturated heterocycles. The van der Waals surface area contributed by atoms with E-state index in [2.05, 4.69) is 17.1 Å². The van der Waals surface area contributed by atoms with Crippen molar-refractivity contribution in [3.05, 3.63) is 42.5 Å². The zero-order chi connectivity index (χ0) is 13.4. The van der Waals surface area contributed by atoms with Crippen LogP contribution in [-0.2, 0) is 0 Å². The van der Waals surface area contributed by atoms with Gasteiger partial charge in [-0.3, -0.25) is 4.79 Å². The first-order valence-electron chi connectivity index (χ1n) is 5.80. The molecule has 1 N–H and O–H groups in total. The predicted octanol–water partition coefficient (Wildman–Crippen LogP) is 2.62. The number of hydrogen-bond acceptors (Lipinski definition) is 3. The van der Waals surface area contributed by atoms with Gasteiger partial charge in [-0.05, 0) is 30.2 Å². The van der Waals surface area contributed by atoms with Crippen LogP contribution < -0.4 is 10.2 Å². The first-order chi connectivity index (χ1) is 8.63. The largest absolute Gasteiger partial charge is 0.490 e. The first-order valence-corrected chi connectivity index (χ1v) is 5.80. The van der Waals surface area contributed by atoms with E-state index in [4.69, 9.17) is 4.74 Å². The SMILES string of the molecule is C=CCOc1ccc(C(=O)N/N=C/C(C)C)cc1. The fraction of sp³-hybridized carbons (Fsp3) is 0.286. The van der Waals surface area contributed by atoms with E-state index in [9.17, 15) is 4.79 Å². The van der Waals surface area contributed by atoms with E-state index in [0.717, 1.165) is 0 Å². The average Bonchev–Trinajstić information content (AvgIpc) is 2.36. The highest BCUT2D eigenvalue weighted by Gasteiger charge is 2.03. The lowest BCUT2D eigenvalue weighted by Gasteiger charge is -2.04. The van der Waals surface area contributed by atoms with Crippen molar-refractivity contribution in [2.24, 2.45) is 11.0 Å². The fourth-order valence-corrected chi connectivity index (χ4v) is 1.17. The van der Waals surface area contributed by atoms with Crippen molar-refractivity contribution in [1.29, 1.82) is 0 Å². The van der Waals surface area contributed by atoms with Gasteiger partial charge in [0.1, 0.15) is 12.4 Å². The number of rotatable bonds is 6. The summed E-state index contributed by atoms with van der Waals surface area (Å²) in [6.07, 6.45) is 3.35. The number of benzene rings is 1. The van der Waals surface area contributed by atoms with E-state index in [1.54, 1.807) is 36.6 Å². The van der Waals surface area contributed by atoms with Crippen molar-refractivity contribution in [1.82, 2.24) is 5.43 Å². The van der Waals surface area contributed by atoms with E-state index in [1.807, 2.05) is 13.8 Å². The second-order valence-electron chi connectivity index (χ2n) is 4.09. The van der Waals surface area contributed by atoms with Crippen LogP contribution in [0.2, 0.25) is 0 Å². The van der Waals surface area contributed by atoms with Crippen LogP contribution in [0.3, 0.4) is 0 Å². The summed E-state index contributed by atoms with van der Waals surface area (Å²) in [5.74, 6) is 0.777.